The Morgan fingerprint density at radius 1 is 1.19 bits per heavy atom. The number of methoxy groups -OCH3 is 1. The molecule has 1 saturated heterocycles. The number of carbonyl (C=O) groups excluding carboxylic acids is 3. The van der Waals surface area contributed by atoms with Crippen LogP contribution in [0.15, 0.2) is 31.4 Å². The summed E-state index contributed by atoms with van der Waals surface area (Å²) in [5, 5.41) is 3.08. The van der Waals surface area contributed by atoms with E-state index in [9.17, 15) is 14.4 Å². The van der Waals surface area contributed by atoms with Crippen molar-refractivity contribution in [3.8, 4) is 0 Å². The molecule has 2 rings (SSSR count). The van der Waals surface area contributed by atoms with Gasteiger partial charge in [0.2, 0.25) is 5.78 Å². The molecule has 112 valence electrons. The van der Waals surface area contributed by atoms with E-state index < -0.39 is 11.8 Å². The lowest BCUT2D eigenvalue weighted by Crippen LogP contribution is -2.25. The Labute approximate surface area is 138 Å². The Morgan fingerprint density at radius 2 is 1.86 bits per heavy atom. The molecule has 21 heavy (non-hydrogen) atoms. The summed E-state index contributed by atoms with van der Waals surface area (Å²) in [6, 6.07) is 0. The third kappa shape index (κ3) is 2.76. The maximum atomic E-state index is 12.5. The van der Waals surface area contributed by atoms with Gasteiger partial charge in [-0.15, -0.1) is 0 Å². The Kier molecular flexibility index (Phi) is 4.83. The van der Waals surface area contributed by atoms with Crippen molar-refractivity contribution in [1.29, 1.82) is 0 Å². The van der Waals surface area contributed by atoms with Crippen LogP contribution in [-0.2, 0) is 19.1 Å². The first-order chi connectivity index (χ1) is 9.90. The van der Waals surface area contributed by atoms with Crippen molar-refractivity contribution in [2.24, 2.45) is 0 Å². The molecule has 5 nitrogen and oxygen atoms in total. The van der Waals surface area contributed by atoms with E-state index >= 15 is 0 Å². The fourth-order valence-electron chi connectivity index (χ4n) is 2.27. The molecule has 1 fully saturated rings. The van der Waals surface area contributed by atoms with Gasteiger partial charge in [0.25, 0.3) is 0 Å². The van der Waals surface area contributed by atoms with E-state index in [-0.39, 0.29) is 25.9 Å². The Hall–Kier alpha value is -1.21. The van der Waals surface area contributed by atoms with Gasteiger partial charge < -0.3 is 10.1 Å². The third-order valence-corrected chi connectivity index (χ3v) is 5.11. The molecule has 1 heterocycles. The molecule has 7 heteroatoms. The van der Waals surface area contributed by atoms with Crippen molar-refractivity contribution in [2.75, 3.05) is 13.7 Å². The standard InChI is InChI=1S/C14H13Br2NO4/c1-6-10(15)13(19)9(11(16)12(6)18)8(14(20)21-2)7-4-3-5-17-7/h17H,3-5H2,1-2H3. The highest BCUT2D eigenvalue weighted by Crippen LogP contribution is 2.36. The maximum Gasteiger partial charge on any atom is 0.340 e. The van der Waals surface area contributed by atoms with Crippen LogP contribution in [0.25, 0.3) is 0 Å². The van der Waals surface area contributed by atoms with Crippen LogP contribution >= 0.6 is 31.9 Å². The quantitative estimate of drug-likeness (QED) is 0.423. The fourth-order valence-corrected chi connectivity index (χ4v) is 3.32. The van der Waals surface area contributed by atoms with Gasteiger partial charge in [0, 0.05) is 17.8 Å². The summed E-state index contributed by atoms with van der Waals surface area (Å²) in [7, 11) is 1.25. The molecule has 0 bridgehead atoms. The van der Waals surface area contributed by atoms with Crippen LogP contribution in [0, 0.1) is 0 Å². The number of allylic oxidation sites excluding steroid dienone is 4. The highest BCUT2D eigenvalue weighted by Gasteiger charge is 2.36. The molecule has 1 aliphatic carbocycles. The van der Waals surface area contributed by atoms with Crippen LogP contribution in [-0.4, -0.2) is 31.2 Å². The van der Waals surface area contributed by atoms with Gasteiger partial charge in [-0.1, -0.05) is 0 Å². The van der Waals surface area contributed by atoms with E-state index in [2.05, 4.69) is 37.2 Å². The minimum absolute atomic E-state index is 0.0497. The van der Waals surface area contributed by atoms with Crippen LogP contribution in [0.4, 0.5) is 0 Å². The number of ketones is 2. The SMILES string of the molecule is COC(=O)C(=C1CCCN1)C1=C(Br)C(=O)C(C)=C(Br)C1=O. The lowest BCUT2D eigenvalue weighted by atomic mass is 9.91. The molecule has 1 aliphatic heterocycles. The molecular formula is C14H13Br2NO4. The number of Topliss-reactive ketones (excluding diaryl/α,β-unsaturated/α-hetero) is 2. The minimum atomic E-state index is -0.632. The second-order valence-electron chi connectivity index (χ2n) is 4.66. The van der Waals surface area contributed by atoms with Crippen molar-refractivity contribution in [3.63, 3.8) is 0 Å². The predicted octanol–water partition coefficient (Wildman–Crippen LogP) is 2.27. The monoisotopic (exact) mass is 417 g/mol. The Bertz CT molecular complexity index is 635. The van der Waals surface area contributed by atoms with E-state index in [1.165, 1.54) is 7.11 Å². The van der Waals surface area contributed by atoms with E-state index in [0.717, 1.165) is 13.0 Å². The van der Waals surface area contributed by atoms with E-state index in [1.54, 1.807) is 6.92 Å². The molecule has 2 aliphatic rings. The van der Waals surface area contributed by atoms with Crippen molar-refractivity contribution in [2.45, 2.75) is 19.8 Å². The summed E-state index contributed by atoms with van der Waals surface area (Å²) in [4.78, 5) is 36.8. The number of carbonyl (C=O) groups is 3. The van der Waals surface area contributed by atoms with E-state index in [1.807, 2.05) is 0 Å². The molecule has 0 aromatic heterocycles. The summed E-state index contributed by atoms with van der Waals surface area (Å²) in [5.74, 6) is -1.36. The van der Waals surface area contributed by atoms with E-state index in [0.29, 0.717) is 17.7 Å². The van der Waals surface area contributed by atoms with Crippen molar-refractivity contribution >= 4 is 49.4 Å². The number of hydrogen-bond acceptors (Lipinski definition) is 5. The molecule has 1 N–H and O–H groups in total. The van der Waals surface area contributed by atoms with Gasteiger partial charge in [-0.05, 0) is 51.6 Å². The molecular weight excluding hydrogens is 406 g/mol. The van der Waals surface area contributed by atoms with Gasteiger partial charge in [0.05, 0.1) is 27.2 Å². The van der Waals surface area contributed by atoms with E-state index in [4.69, 9.17) is 4.74 Å². The minimum Gasteiger partial charge on any atom is -0.465 e. The van der Waals surface area contributed by atoms with Gasteiger partial charge in [0.15, 0.2) is 5.78 Å². The summed E-state index contributed by atoms with van der Waals surface area (Å²) in [6.45, 7) is 2.28. The number of nitrogens with one attached hydrogen (secondary N) is 1. The molecule has 0 aromatic carbocycles. The van der Waals surface area contributed by atoms with Gasteiger partial charge in [-0.3, -0.25) is 9.59 Å². The topological polar surface area (TPSA) is 72.5 Å². The summed E-state index contributed by atoms with van der Waals surface area (Å²) >= 11 is 6.29. The molecule has 0 radical (unpaired) electrons. The number of ether oxygens (including phenoxy) is 1. The Balaban J connectivity index is 2.66. The largest absolute Gasteiger partial charge is 0.465 e. The highest BCUT2D eigenvalue weighted by molar-refractivity contribution is 9.12. The normalized spacial score (nSPS) is 21.7. The lowest BCUT2D eigenvalue weighted by molar-refractivity contribution is -0.136. The Morgan fingerprint density at radius 3 is 2.38 bits per heavy atom. The fraction of sp³-hybridized carbons (Fsp3) is 0.357. The average molecular weight is 419 g/mol. The van der Waals surface area contributed by atoms with Crippen molar-refractivity contribution in [3.05, 3.63) is 31.4 Å². The third-order valence-electron chi connectivity index (χ3n) is 3.40. The summed E-state index contributed by atoms with van der Waals surface area (Å²) in [6.07, 6.45) is 1.49. The number of rotatable bonds is 2. The average Bonchev–Trinajstić information content (AvgIpc) is 3.00. The van der Waals surface area contributed by atoms with Crippen LogP contribution in [0.1, 0.15) is 19.8 Å². The van der Waals surface area contributed by atoms with Crippen LogP contribution in [0.5, 0.6) is 0 Å². The summed E-state index contributed by atoms with van der Waals surface area (Å²) in [5.41, 5.74) is 1.12. The molecule has 0 atom stereocenters. The smallest absolute Gasteiger partial charge is 0.340 e. The number of halogens is 2. The molecule has 0 aromatic rings. The predicted molar refractivity (Wildman–Crippen MR) is 83.9 cm³/mol. The van der Waals surface area contributed by atoms with Gasteiger partial charge in [-0.25, -0.2) is 4.79 Å². The van der Waals surface area contributed by atoms with Crippen LogP contribution in [0.3, 0.4) is 0 Å². The molecule has 0 spiro atoms. The van der Waals surface area contributed by atoms with Gasteiger partial charge in [0.1, 0.15) is 0 Å². The van der Waals surface area contributed by atoms with Gasteiger partial charge in [-0.2, -0.15) is 0 Å². The zero-order valence-electron chi connectivity index (χ0n) is 11.5. The zero-order chi connectivity index (χ0) is 15.7. The van der Waals surface area contributed by atoms with Crippen molar-refractivity contribution < 1.29 is 19.1 Å². The number of esters is 1. The first-order valence-electron chi connectivity index (χ1n) is 6.31. The van der Waals surface area contributed by atoms with Crippen molar-refractivity contribution in [1.82, 2.24) is 5.32 Å². The summed E-state index contributed by atoms with van der Waals surface area (Å²) < 4.78 is 5.05. The molecule has 0 amide bonds. The number of hydrogen-bond donors (Lipinski definition) is 1. The molecule has 0 saturated carbocycles. The van der Waals surface area contributed by atoms with Crippen LogP contribution in [0.2, 0.25) is 0 Å². The maximum absolute atomic E-state index is 12.5. The molecule has 0 unspecified atom stereocenters. The first-order valence-corrected chi connectivity index (χ1v) is 7.90. The lowest BCUT2D eigenvalue weighted by Gasteiger charge is -2.19. The highest BCUT2D eigenvalue weighted by atomic mass is 79.9. The first kappa shape index (κ1) is 16.2. The second-order valence-corrected chi connectivity index (χ2v) is 6.25. The van der Waals surface area contributed by atoms with Gasteiger partial charge >= 0.3 is 5.97 Å². The zero-order valence-corrected chi connectivity index (χ0v) is 14.7. The van der Waals surface area contributed by atoms with Crippen LogP contribution < -0.4 is 5.32 Å². The second kappa shape index (κ2) is 6.27.